The molecule has 0 rings (SSSR count). The average molecular weight is 313 g/mol. The molecule has 134 valence electrons. The van der Waals surface area contributed by atoms with Gasteiger partial charge in [0.05, 0.1) is 0 Å². The Morgan fingerprint density at radius 2 is 1.05 bits per heavy atom. The van der Waals surface area contributed by atoms with Gasteiger partial charge in [-0.05, 0) is 19.3 Å². The van der Waals surface area contributed by atoms with Crippen molar-refractivity contribution in [2.45, 2.75) is 129 Å². The monoisotopic (exact) mass is 312 g/mol. The molecular formula is C20H44N2. The SMILES string of the molecule is CCCCCCC(N)C(N)(CCCCCC)CCCCCC. The van der Waals surface area contributed by atoms with Gasteiger partial charge in [-0.1, -0.05) is 97.8 Å². The van der Waals surface area contributed by atoms with Gasteiger partial charge in [-0.25, -0.2) is 0 Å². The minimum Gasteiger partial charge on any atom is -0.326 e. The molecule has 0 radical (unpaired) electrons. The van der Waals surface area contributed by atoms with Crippen LogP contribution in [0, 0.1) is 0 Å². The highest BCUT2D eigenvalue weighted by atomic mass is 14.9. The smallest absolute Gasteiger partial charge is 0.0307 e. The molecule has 4 N–H and O–H groups in total. The maximum Gasteiger partial charge on any atom is 0.0307 e. The van der Waals surface area contributed by atoms with Crippen LogP contribution in [0.25, 0.3) is 0 Å². The molecule has 0 aliphatic rings. The third-order valence-corrected chi connectivity index (χ3v) is 5.10. The zero-order chi connectivity index (χ0) is 16.7. The lowest BCUT2D eigenvalue weighted by Crippen LogP contribution is -2.55. The molecule has 0 saturated carbocycles. The van der Waals surface area contributed by atoms with Crippen molar-refractivity contribution in [1.29, 1.82) is 0 Å². The van der Waals surface area contributed by atoms with Gasteiger partial charge in [-0.15, -0.1) is 0 Å². The third-order valence-electron chi connectivity index (χ3n) is 5.10. The molecule has 0 aromatic carbocycles. The summed E-state index contributed by atoms with van der Waals surface area (Å²) in [6, 6.07) is 0.188. The first kappa shape index (κ1) is 21.9. The highest BCUT2D eigenvalue weighted by Crippen LogP contribution is 2.26. The Morgan fingerprint density at radius 1 is 0.636 bits per heavy atom. The van der Waals surface area contributed by atoms with Gasteiger partial charge in [0.1, 0.15) is 0 Å². The zero-order valence-electron chi connectivity index (χ0n) is 15.8. The second-order valence-corrected chi connectivity index (χ2v) is 7.31. The van der Waals surface area contributed by atoms with Gasteiger partial charge in [-0.3, -0.25) is 0 Å². The van der Waals surface area contributed by atoms with E-state index in [1.165, 1.54) is 77.0 Å². The highest BCUT2D eigenvalue weighted by Gasteiger charge is 2.30. The predicted molar refractivity (Wildman–Crippen MR) is 101 cm³/mol. The summed E-state index contributed by atoms with van der Waals surface area (Å²) in [4.78, 5) is 0. The Kier molecular flexibility index (Phi) is 14.5. The first-order chi connectivity index (χ1) is 10.6. The van der Waals surface area contributed by atoms with Crippen LogP contribution in [0.1, 0.15) is 117 Å². The summed E-state index contributed by atoms with van der Waals surface area (Å²) >= 11 is 0. The van der Waals surface area contributed by atoms with E-state index in [4.69, 9.17) is 11.5 Å². The van der Waals surface area contributed by atoms with Crippen LogP contribution < -0.4 is 11.5 Å². The molecule has 0 aliphatic carbocycles. The number of hydrogen-bond acceptors (Lipinski definition) is 2. The average Bonchev–Trinajstić information content (AvgIpc) is 2.52. The van der Waals surface area contributed by atoms with Gasteiger partial charge in [0.15, 0.2) is 0 Å². The molecule has 0 aromatic heterocycles. The van der Waals surface area contributed by atoms with Crippen molar-refractivity contribution in [2.24, 2.45) is 11.5 Å². The van der Waals surface area contributed by atoms with E-state index in [2.05, 4.69) is 20.8 Å². The van der Waals surface area contributed by atoms with Gasteiger partial charge in [0.25, 0.3) is 0 Å². The molecule has 22 heavy (non-hydrogen) atoms. The minimum atomic E-state index is -0.117. The lowest BCUT2D eigenvalue weighted by Gasteiger charge is -2.36. The van der Waals surface area contributed by atoms with Crippen molar-refractivity contribution in [3.63, 3.8) is 0 Å². The van der Waals surface area contributed by atoms with Gasteiger partial charge in [0.2, 0.25) is 0 Å². The fraction of sp³-hybridized carbons (Fsp3) is 1.00. The van der Waals surface area contributed by atoms with Gasteiger partial charge >= 0.3 is 0 Å². The van der Waals surface area contributed by atoms with E-state index in [1.807, 2.05) is 0 Å². The first-order valence-electron chi connectivity index (χ1n) is 10.1. The number of rotatable bonds is 16. The molecule has 2 nitrogen and oxygen atoms in total. The van der Waals surface area contributed by atoms with Crippen LogP contribution in [-0.4, -0.2) is 11.6 Å². The van der Waals surface area contributed by atoms with Crippen LogP contribution in [0.4, 0.5) is 0 Å². The lowest BCUT2D eigenvalue weighted by atomic mass is 9.79. The highest BCUT2D eigenvalue weighted by molar-refractivity contribution is 4.94. The van der Waals surface area contributed by atoms with Crippen LogP contribution in [-0.2, 0) is 0 Å². The maximum absolute atomic E-state index is 6.80. The van der Waals surface area contributed by atoms with Gasteiger partial charge in [0, 0.05) is 11.6 Å². The second kappa shape index (κ2) is 14.5. The van der Waals surface area contributed by atoms with E-state index in [0.717, 1.165) is 19.3 Å². The summed E-state index contributed by atoms with van der Waals surface area (Å²) in [5, 5.41) is 0. The Balaban J connectivity index is 4.26. The molecule has 0 heterocycles. The summed E-state index contributed by atoms with van der Waals surface area (Å²) in [7, 11) is 0. The predicted octanol–water partition coefficient (Wildman–Crippen LogP) is 5.92. The Hall–Kier alpha value is -0.0800. The van der Waals surface area contributed by atoms with E-state index in [9.17, 15) is 0 Å². The number of nitrogens with two attached hydrogens (primary N) is 2. The number of unbranched alkanes of at least 4 members (excludes halogenated alkanes) is 9. The lowest BCUT2D eigenvalue weighted by molar-refractivity contribution is 0.264. The fourth-order valence-electron chi connectivity index (χ4n) is 3.34. The van der Waals surface area contributed by atoms with Crippen molar-refractivity contribution in [1.82, 2.24) is 0 Å². The Morgan fingerprint density at radius 3 is 1.45 bits per heavy atom. The molecule has 0 fully saturated rings. The standard InChI is InChI=1S/C20H44N2/c1-4-7-10-13-16-19(21)20(22,17-14-11-8-5-2)18-15-12-9-6-3/h19H,4-18,21-22H2,1-3H3. The summed E-state index contributed by atoms with van der Waals surface area (Å²) in [6.07, 6.45) is 18.9. The molecule has 0 aromatic rings. The van der Waals surface area contributed by atoms with Crippen LogP contribution >= 0.6 is 0 Å². The first-order valence-corrected chi connectivity index (χ1v) is 10.1. The molecule has 1 unspecified atom stereocenters. The molecule has 0 aliphatic heterocycles. The Bertz CT molecular complexity index is 216. The fourth-order valence-corrected chi connectivity index (χ4v) is 3.34. The van der Waals surface area contributed by atoms with Gasteiger partial charge < -0.3 is 11.5 Å². The topological polar surface area (TPSA) is 52.0 Å². The van der Waals surface area contributed by atoms with E-state index in [0.29, 0.717) is 0 Å². The van der Waals surface area contributed by atoms with E-state index >= 15 is 0 Å². The van der Waals surface area contributed by atoms with Gasteiger partial charge in [-0.2, -0.15) is 0 Å². The number of hydrogen-bond donors (Lipinski definition) is 2. The third kappa shape index (κ3) is 10.6. The van der Waals surface area contributed by atoms with Crippen LogP contribution in [0.2, 0.25) is 0 Å². The van der Waals surface area contributed by atoms with E-state index in [-0.39, 0.29) is 11.6 Å². The summed E-state index contributed by atoms with van der Waals surface area (Å²) in [6.45, 7) is 6.79. The molecule has 0 amide bonds. The van der Waals surface area contributed by atoms with Crippen molar-refractivity contribution in [3.8, 4) is 0 Å². The van der Waals surface area contributed by atoms with Crippen molar-refractivity contribution in [3.05, 3.63) is 0 Å². The molecule has 0 saturated heterocycles. The minimum absolute atomic E-state index is 0.117. The quantitative estimate of drug-likeness (QED) is 0.347. The van der Waals surface area contributed by atoms with Crippen molar-refractivity contribution in [2.75, 3.05) is 0 Å². The zero-order valence-corrected chi connectivity index (χ0v) is 15.8. The van der Waals surface area contributed by atoms with Crippen molar-refractivity contribution >= 4 is 0 Å². The summed E-state index contributed by atoms with van der Waals surface area (Å²) in [5.74, 6) is 0. The second-order valence-electron chi connectivity index (χ2n) is 7.31. The van der Waals surface area contributed by atoms with Crippen LogP contribution in [0.15, 0.2) is 0 Å². The molecule has 0 spiro atoms. The van der Waals surface area contributed by atoms with Crippen molar-refractivity contribution < 1.29 is 0 Å². The Labute approximate surface area is 140 Å². The molecule has 1 atom stereocenters. The summed E-state index contributed by atoms with van der Waals surface area (Å²) < 4.78 is 0. The maximum atomic E-state index is 6.80. The van der Waals surface area contributed by atoms with Crippen LogP contribution in [0.3, 0.4) is 0 Å². The largest absolute Gasteiger partial charge is 0.326 e. The summed E-state index contributed by atoms with van der Waals surface area (Å²) in [5.41, 5.74) is 13.2. The van der Waals surface area contributed by atoms with E-state index in [1.54, 1.807) is 0 Å². The molecule has 2 heteroatoms. The molecular weight excluding hydrogens is 268 g/mol. The normalized spacial score (nSPS) is 13.5. The van der Waals surface area contributed by atoms with Crippen LogP contribution in [0.5, 0.6) is 0 Å². The molecule has 0 bridgehead atoms. The van der Waals surface area contributed by atoms with E-state index < -0.39 is 0 Å².